The first kappa shape index (κ1) is 20.7. The largest absolute Gasteiger partial charge is 0.416 e. The van der Waals surface area contributed by atoms with Gasteiger partial charge in [0.25, 0.3) is 5.91 Å². The first-order valence-corrected chi connectivity index (χ1v) is 9.30. The van der Waals surface area contributed by atoms with Crippen molar-refractivity contribution >= 4 is 12.0 Å². The van der Waals surface area contributed by atoms with Gasteiger partial charge >= 0.3 is 12.3 Å². The van der Waals surface area contributed by atoms with E-state index in [4.69, 9.17) is 4.74 Å². The highest BCUT2D eigenvalue weighted by Crippen LogP contribution is 2.29. The number of nitrogens with one attached hydrogen (secondary N) is 1. The second kappa shape index (κ2) is 8.98. The van der Waals surface area contributed by atoms with Crippen LogP contribution >= 0.6 is 0 Å². The predicted molar refractivity (Wildman–Crippen MR) is 101 cm³/mol. The number of halogens is 3. The van der Waals surface area contributed by atoms with Crippen molar-refractivity contribution in [2.24, 2.45) is 5.92 Å². The average Bonchev–Trinajstić information content (AvgIpc) is 2.72. The summed E-state index contributed by atoms with van der Waals surface area (Å²) in [5.74, 6) is 0.0838. The molecule has 0 atom stereocenters. The van der Waals surface area contributed by atoms with Gasteiger partial charge in [0, 0.05) is 25.2 Å². The van der Waals surface area contributed by atoms with Crippen LogP contribution in [0.1, 0.15) is 28.8 Å². The van der Waals surface area contributed by atoms with Crippen molar-refractivity contribution in [3.8, 4) is 5.75 Å². The highest BCUT2D eigenvalue weighted by atomic mass is 19.4. The number of para-hydroxylation sites is 1. The van der Waals surface area contributed by atoms with E-state index in [9.17, 15) is 22.8 Å². The molecular formula is C21H21F3N2O3. The van der Waals surface area contributed by atoms with Gasteiger partial charge in [-0.05, 0) is 49.1 Å². The molecule has 0 spiro atoms. The number of nitrogens with zero attached hydrogens (tertiary/aromatic N) is 1. The SMILES string of the molecule is O=C(NCC1CCN(C(=O)Oc2ccccc2)CC1)c1cccc(C(F)(F)F)c1. The fourth-order valence-corrected chi connectivity index (χ4v) is 3.15. The summed E-state index contributed by atoms with van der Waals surface area (Å²) in [5.41, 5.74) is -0.876. The molecule has 0 unspecified atom stereocenters. The van der Waals surface area contributed by atoms with Gasteiger partial charge in [0.15, 0.2) is 0 Å². The topological polar surface area (TPSA) is 58.6 Å². The number of amides is 2. The molecule has 1 aliphatic heterocycles. The summed E-state index contributed by atoms with van der Waals surface area (Å²) in [5, 5.41) is 2.69. The van der Waals surface area contributed by atoms with Crippen LogP contribution in [-0.2, 0) is 6.18 Å². The van der Waals surface area contributed by atoms with E-state index < -0.39 is 23.7 Å². The number of alkyl halides is 3. The monoisotopic (exact) mass is 406 g/mol. The lowest BCUT2D eigenvalue weighted by Gasteiger charge is -2.31. The molecule has 1 aliphatic rings. The zero-order valence-corrected chi connectivity index (χ0v) is 15.6. The second-order valence-electron chi connectivity index (χ2n) is 6.90. The van der Waals surface area contributed by atoms with Gasteiger partial charge in [-0.25, -0.2) is 4.79 Å². The first-order chi connectivity index (χ1) is 13.8. The van der Waals surface area contributed by atoms with E-state index in [1.807, 2.05) is 6.07 Å². The maximum Gasteiger partial charge on any atom is 0.416 e. The second-order valence-corrected chi connectivity index (χ2v) is 6.90. The van der Waals surface area contributed by atoms with E-state index in [0.717, 1.165) is 12.1 Å². The molecule has 1 heterocycles. The van der Waals surface area contributed by atoms with Crippen molar-refractivity contribution in [2.75, 3.05) is 19.6 Å². The summed E-state index contributed by atoms with van der Waals surface area (Å²) in [6.45, 7) is 1.34. The van der Waals surface area contributed by atoms with Crippen LogP contribution in [0.5, 0.6) is 5.75 Å². The van der Waals surface area contributed by atoms with Gasteiger partial charge in [0.05, 0.1) is 5.56 Å². The zero-order chi connectivity index (χ0) is 20.9. The van der Waals surface area contributed by atoms with Gasteiger partial charge in [-0.3, -0.25) is 4.79 Å². The molecule has 154 valence electrons. The fraction of sp³-hybridized carbons (Fsp3) is 0.333. The van der Waals surface area contributed by atoms with Crippen LogP contribution < -0.4 is 10.1 Å². The number of carbonyl (C=O) groups excluding carboxylic acids is 2. The number of rotatable bonds is 4. The fourth-order valence-electron chi connectivity index (χ4n) is 3.15. The Kier molecular flexibility index (Phi) is 6.41. The van der Waals surface area contributed by atoms with Gasteiger partial charge in [0.2, 0.25) is 0 Å². The zero-order valence-electron chi connectivity index (χ0n) is 15.6. The molecule has 1 saturated heterocycles. The lowest BCUT2D eigenvalue weighted by atomic mass is 9.97. The molecule has 0 aliphatic carbocycles. The van der Waals surface area contributed by atoms with Crippen molar-refractivity contribution in [2.45, 2.75) is 19.0 Å². The van der Waals surface area contributed by atoms with Crippen LogP contribution in [0.25, 0.3) is 0 Å². The molecule has 3 rings (SSSR count). The highest BCUT2D eigenvalue weighted by Gasteiger charge is 2.31. The van der Waals surface area contributed by atoms with Crippen molar-refractivity contribution < 1.29 is 27.5 Å². The number of carbonyl (C=O) groups is 2. The molecule has 1 fully saturated rings. The third kappa shape index (κ3) is 5.73. The van der Waals surface area contributed by atoms with Gasteiger partial charge in [-0.1, -0.05) is 24.3 Å². The van der Waals surface area contributed by atoms with Crippen LogP contribution in [-0.4, -0.2) is 36.5 Å². The summed E-state index contributed by atoms with van der Waals surface area (Å²) >= 11 is 0. The summed E-state index contributed by atoms with van der Waals surface area (Å²) in [6.07, 6.45) is -3.56. The molecule has 8 heteroatoms. The molecule has 0 saturated carbocycles. The summed E-state index contributed by atoms with van der Waals surface area (Å²) in [4.78, 5) is 26.0. The highest BCUT2D eigenvalue weighted by molar-refractivity contribution is 5.94. The number of piperidine rings is 1. The number of hydrogen-bond acceptors (Lipinski definition) is 3. The van der Waals surface area contributed by atoms with Crippen molar-refractivity contribution in [1.29, 1.82) is 0 Å². The number of hydrogen-bond donors (Lipinski definition) is 1. The Balaban J connectivity index is 1.45. The van der Waals surface area contributed by atoms with Crippen LogP contribution in [0.2, 0.25) is 0 Å². The molecule has 0 bridgehead atoms. The van der Waals surface area contributed by atoms with Gasteiger partial charge in [-0.15, -0.1) is 0 Å². The van der Waals surface area contributed by atoms with E-state index in [2.05, 4.69) is 5.32 Å². The summed E-state index contributed by atoms with van der Waals surface area (Å²) in [6, 6.07) is 13.1. The van der Waals surface area contributed by atoms with Crippen molar-refractivity contribution in [3.05, 3.63) is 65.7 Å². The Bertz CT molecular complexity index is 848. The smallest absolute Gasteiger partial charge is 0.410 e. The molecule has 2 aromatic rings. The average molecular weight is 406 g/mol. The lowest BCUT2D eigenvalue weighted by Crippen LogP contribution is -2.42. The molecule has 2 amide bonds. The summed E-state index contributed by atoms with van der Waals surface area (Å²) < 4.78 is 43.6. The van der Waals surface area contributed by atoms with Crippen LogP contribution in [0.3, 0.4) is 0 Å². The minimum Gasteiger partial charge on any atom is -0.410 e. The number of ether oxygens (including phenoxy) is 1. The molecule has 1 N–H and O–H groups in total. The third-order valence-electron chi connectivity index (χ3n) is 4.82. The predicted octanol–water partition coefficient (Wildman–Crippen LogP) is 4.35. The van der Waals surface area contributed by atoms with Crippen LogP contribution in [0.15, 0.2) is 54.6 Å². The van der Waals surface area contributed by atoms with Gasteiger partial charge in [0.1, 0.15) is 5.75 Å². The molecule has 29 heavy (non-hydrogen) atoms. The maximum absolute atomic E-state index is 12.8. The normalized spacial score (nSPS) is 15.1. The minimum atomic E-state index is -4.49. The van der Waals surface area contributed by atoms with Gasteiger partial charge < -0.3 is 15.0 Å². The number of benzene rings is 2. The van der Waals surface area contributed by atoms with E-state index in [1.165, 1.54) is 12.1 Å². The lowest BCUT2D eigenvalue weighted by molar-refractivity contribution is -0.137. The molecular weight excluding hydrogens is 385 g/mol. The summed E-state index contributed by atoms with van der Waals surface area (Å²) in [7, 11) is 0. The number of likely N-dealkylation sites (tertiary alicyclic amines) is 1. The quantitative estimate of drug-likeness (QED) is 0.822. The Morgan fingerprint density at radius 1 is 1.03 bits per heavy atom. The standard InChI is InChI=1S/C21H21F3N2O3/c22-21(23,24)17-6-4-5-16(13-17)19(27)25-14-15-9-11-26(12-10-15)20(28)29-18-7-2-1-3-8-18/h1-8,13,15H,9-12,14H2,(H,25,27). The van der Waals surface area contributed by atoms with E-state index in [-0.39, 0.29) is 11.5 Å². The third-order valence-corrected chi connectivity index (χ3v) is 4.82. The maximum atomic E-state index is 12.8. The first-order valence-electron chi connectivity index (χ1n) is 9.30. The van der Waals surface area contributed by atoms with Crippen molar-refractivity contribution in [1.82, 2.24) is 10.2 Å². The molecule has 2 aromatic carbocycles. The Labute approximate surface area is 166 Å². The molecule has 0 aromatic heterocycles. The van der Waals surface area contributed by atoms with E-state index in [0.29, 0.717) is 38.2 Å². The van der Waals surface area contributed by atoms with Crippen LogP contribution in [0, 0.1) is 5.92 Å². The Morgan fingerprint density at radius 3 is 2.38 bits per heavy atom. The van der Waals surface area contributed by atoms with Crippen LogP contribution in [0.4, 0.5) is 18.0 Å². The van der Waals surface area contributed by atoms with Gasteiger partial charge in [-0.2, -0.15) is 13.2 Å². The minimum absolute atomic E-state index is 0.0244. The molecule has 0 radical (unpaired) electrons. The van der Waals surface area contributed by atoms with E-state index in [1.54, 1.807) is 29.2 Å². The Morgan fingerprint density at radius 2 is 1.72 bits per heavy atom. The Hall–Kier alpha value is -3.03. The molecule has 5 nitrogen and oxygen atoms in total. The van der Waals surface area contributed by atoms with E-state index >= 15 is 0 Å². The van der Waals surface area contributed by atoms with Crippen molar-refractivity contribution in [3.63, 3.8) is 0 Å².